The Morgan fingerprint density at radius 1 is 1.29 bits per heavy atom. The van der Waals surface area contributed by atoms with E-state index in [4.69, 9.17) is 9.47 Å². The number of rotatable bonds is 3. The summed E-state index contributed by atoms with van der Waals surface area (Å²) in [6.45, 7) is 7.23. The quantitative estimate of drug-likeness (QED) is 0.751. The molecule has 0 saturated carbocycles. The van der Waals surface area contributed by atoms with Crippen molar-refractivity contribution in [2.24, 2.45) is 5.92 Å². The predicted molar refractivity (Wildman–Crippen MR) is 72.9 cm³/mol. The molecule has 0 bridgehead atoms. The first-order valence-corrected chi connectivity index (χ1v) is 6.80. The van der Waals surface area contributed by atoms with Crippen LogP contribution < -0.4 is 5.32 Å². The number of esters is 1. The largest absolute Gasteiger partial charge is 0.466 e. The zero-order valence-electron chi connectivity index (χ0n) is 12.7. The summed E-state index contributed by atoms with van der Waals surface area (Å²) in [7, 11) is 0. The highest BCUT2D eigenvalue weighted by Gasteiger charge is 2.44. The first-order valence-electron chi connectivity index (χ1n) is 6.80. The van der Waals surface area contributed by atoms with E-state index in [9.17, 15) is 19.5 Å². The SMILES string of the molecule is CCOC(=O)[C@@H]1CNC[C@H]1N(C(=O)O)C(=O)OC(C)(C)C. The second-order valence-electron chi connectivity index (χ2n) is 5.72. The van der Waals surface area contributed by atoms with Gasteiger partial charge in [-0.15, -0.1) is 0 Å². The molecule has 0 radical (unpaired) electrons. The van der Waals surface area contributed by atoms with Crippen molar-refractivity contribution in [1.82, 2.24) is 10.2 Å². The van der Waals surface area contributed by atoms with E-state index in [-0.39, 0.29) is 19.7 Å². The Kier molecular flexibility index (Phi) is 5.54. The highest BCUT2D eigenvalue weighted by molar-refractivity contribution is 5.88. The minimum atomic E-state index is -1.45. The average molecular weight is 302 g/mol. The van der Waals surface area contributed by atoms with E-state index in [2.05, 4.69) is 5.32 Å². The van der Waals surface area contributed by atoms with E-state index in [1.807, 2.05) is 0 Å². The zero-order chi connectivity index (χ0) is 16.2. The molecule has 2 atom stereocenters. The van der Waals surface area contributed by atoms with Crippen LogP contribution in [0.15, 0.2) is 0 Å². The van der Waals surface area contributed by atoms with E-state index in [1.54, 1.807) is 27.7 Å². The number of nitrogens with one attached hydrogen (secondary N) is 1. The minimum Gasteiger partial charge on any atom is -0.466 e. The second-order valence-corrected chi connectivity index (χ2v) is 5.72. The van der Waals surface area contributed by atoms with Crippen molar-refractivity contribution in [3.05, 3.63) is 0 Å². The van der Waals surface area contributed by atoms with Crippen molar-refractivity contribution in [2.75, 3.05) is 19.7 Å². The number of carbonyl (C=O) groups is 3. The Morgan fingerprint density at radius 2 is 1.90 bits per heavy atom. The average Bonchev–Trinajstić information content (AvgIpc) is 2.75. The van der Waals surface area contributed by atoms with Crippen LogP contribution in [-0.4, -0.2) is 59.5 Å². The third-order valence-electron chi connectivity index (χ3n) is 2.90. The van der Waals surface area contributed by atoms with Crippen molar-refractivity contribution >= 4 is 18.2 Å². The summed E-state index contributed by atoms with van der Waals surface area (Å²) in [6.07, 6.45) is -2.44. The maximum atomic E-state index is 12.1. The van der Waals surface area contributed by atoms with E-state index in [0.717, 1.165) is 0 Å². The molecule has 1 fully saturated rings. The molecule has 1 aliphatic rings. The van der Waals surface area contributed by atoms with Crippen molar-refractivity contribution in [2.45, 2.75) is 39.3 Å². The van der Waals surface area contributed by atoms with Gasteiger partial charge < -0.3 is 19.9 Å². The highest BCUT2D eigenvalue weighted by atomic mass is 16.6. The molecule has 1 aliphatic heterocycles. The van der Waals surface area contributed by atoms with E-state index in [1.165, 1.54) is 0 Å². The lowest BCUT2D eigenvalue weighted by Gasteiger charge is -2.29. The van der Waals surface area contributed by atoms with Crippen LogP contribution in [0.25, 0.3) is 0 Å². The summed E-state index contributed by atoms with van der Waals surface area (Å²) in [4.78, 5) is 35.9. The van der Waals surface area contributed by atoms with Crippen LogP contribution in [0.4, 0.5) is 9.59 Å². The number of nitrogens with zero attached hydrogens (tertiary/aromatic N) is 1. The Morgan fingerprint density at radius 3 is 2.38 bits per heavy atom. The second kappa shape index (κ2) is 6.75. The summed E-state index contributed by atoms with van der Waals surface area (Å²) in [5, 5.41) is 12.2. The molecule has 8 heteroatoms. The molecule has 21 heavy (non-hydrogen) atoms. The molecule has 2 N–H and O–H groups in total. The predicted octanol–water partition coefficient (Wildman–Crippen LogP) is 1.05. The topological polar surface area (TPSA) is 105 Å². The molecule has 120 valence electrons. The van der Waals surface area contributed by atoms with Crippen LogP contribution in [0, 0.1) is 5.92 Å². The molecular formula is C13H22N2O6. The molecule has 0 unspecified atom stereocenters. The fourth-order valence-electron chi connectivity index (χ4n) is 2.09. The number of imide groups is 1. The Bertz CT molecular complexity index is 417. The molecule has 0 aromatic carbocycles. The van der Waals surface area contributed by atoms with Gasteiger partial charge in [0, 0.05) is 13.1 Å². The highest BCUT2D eigenvalue weighted by Crippen LogP contribution is 2.21. The van der Waals surface area contributed by atoms with Crippen LogP contribution in [0.2, 0.25) is 0 Å². The van der Waals surface area contributed by atoms with Gasteiger partial charge in [-0.2, -0.15) is 0 Å². The van der Waals surface area contributed by atoms with Gasteiger partial charge in [0.15, 0.2) is 0 Å². The third-order valence-corrected chi connectivity index (χ3v) is 2.90. The van der Waals surface area contributed by atoms with Gasteiger partial charge in [-0.05, 0) is 27.7 Å². The van der Waals surface area contributed by atoms with Gasteiger partial charge in [0.25, 0.3) is 0 Å². The third kappa shape index (κ3) is 4.59. The number of hydrogen-bond donors (Lipinski definition) is 2. The van der Waals surface area contributed by atoms with Crippen LogP contribution in [0.3, 0.4) is 0 Å². The molecular weight excluding hydrogens is 280 g/mol. The van der Waals surface area contributed by atoms with Gasteiger partial charge >= 0.3 is 18.2 Å². The van der Waals surface area contributed by atoms with Crippen LogP contribution >= 0.6 is 0 Å². The summed E-state index contributed by atoms with van der Waals surface area (Å²) in [5.74, 6) is -1.25. The standard InChI is InChI=1S/C13H22N2O6/c1-5-20-10(16)8-6-14-7-9(8)15(11(17)18)12(19)21-13(2,3)4/h8-9,14H,5-7H2,1-4H3,(H,17,18)/t8-,9-/m1/s1. The minimum absolute atomic E-state index is 0.190. The van der Waals surface area contributed by atoms with Crippen LogP contribution in [0.1, 0.15) is 27.7 Å². The van der Waals surface area contributed by atoms with E-state index >= 15 is 0 Å². The van der Waals surface area contributed by atoms with Crippen molar-refractivity contribution in [3.8, 4) is 0 Å². The molecule has 0 aromatic rings. The zero-order valence-corrected chi connectivity index (χ0v) is 12.7. The van der Waals surface area contributed by atoms with E-state index < -0.39 is 35.7 Å². The van der Waals surface area contributed by atoms with Gasteiger partial charge in [0.05, 0.1) is 18.6 Å². The van der Waals surface area contributed by atoms with Gasteiger partial charge in [0.1, 0.15) is 5.60 Å². The lowest BCUT2D eigenvalue weighted by molar-refractivity contribution is -0.148. The molecule has 1 rings (SSSR count). The van der Waals surface area contributed by atoms with Crippen molar-refractivity contribution in [3.63, 3.8) is 0 Å². The number of carbonyl (C=O) groups excluding carboxylic acids is 2. The fourth-order valence-corrected chi connectivity index (χ4v) is 2.09. The number of ether oxygens (including phenoxy) is 2. The first-order chi connectivity index (χ1) is 9.67. The molecule has 0 spiro atoms. The van der Waals surface area contributed by atoms with Crippen molar-refractivity contribution in [1.29, 1.82) is 0 Å². The molecule has 0 aliphatic carbocycles. The maximum absolute atomic E-state index is 12.1. The Labute approximate surface area is 123 Å². The maximum Gasteiger partial charge on any atom is 0.420 e. The molecule has 0 aromatic heterocycles. The number of carboxylic acid groups (broad SMARTS) is 1. The fraction of sp³-hybridized carbons (Fsp3) is 0.769. The lowest BCUT2D eigenvalue weighted by Crippen LogP contribution is -2.51. The van der Waals surface area contributed by atoms with Gasteiger partial charge in [-0.3, -0.25) is 4.79 Å². The Hall–Kier alpha value is -1.83. The normalized spacial score (nSPS) is 21.7. The Balaban J connectivity index is 2.91. The van der Waals surface area contributed by atoms with Gasteiger partial charge in [-0.1, -0.05) is 0 Å². The van der Waals surface area contributed by atoms with Crippen molar-refractivity contribution < 1.29 is 29.0 Å². The van der Waals surface area contributed by atoms with E-state index in [0.29, 0.717) is 4.90 Å². The molecule has 1 saturated heterocycles. The molecule has 2 amide bonds. The smallest absolute Gasteiger partial charge is 0.420 e. The monoisotopic (exact) mass is 302 g/mol. The number of hydrogen-bond acceptors (Lipinski definition) is 6. The summed E-state index contributed by atoms with van der Waals surface area (Å²) >= 11 is 0. The number of amides is 2. The summed E-state index contributed by atoms with van der Waals surface area (Å²) < 4.78 is 10.0. The molecule has 8 nitrogen and oxygen atoms in total. The van der Waals surface area contributed by atoms with Crippen LogP contribution in [0.5, 0.6) is 0 Å². The van der Waals surface area contributed by atoms with Gasteiger partial charge in [-0.25, -0.2) is 14.5 Å². The summed E-state index contributed by atoms with van der Waals surface area (Å²) in [6, 6.07) is -0.837. The lowest BCUT2D eigenvalue weighted by atomic mass is 10.0. The summed E-state index contributed by atoms with van der Waals surface area (Å²) in [5.41, 5.74) is -0.823. The van der Waals surface area contributed by atoms with Crippen LogP contribution in [-0.2, 0) is 14.3 Å². The molecule has 1 heterocycles. The first kappa shape index (κ1) is 17.2. The van der Waals surface area contributed by atoms with Gasteiger partial charge in [0.2, 0.25) is 0 Å².